The highest BCUT2D eigenvalue weighted by Gasteiger charge is 2.55. The molecule has 11 heteroatoms. The van der Waals surface area contributed by atoms with Gasteiger partial charge in [0, 0.05) is 28.7 Å². The lowest BCUT2D eigenvalue weighted by molar-refractivity contribution is 0.000258. The van der Waals surface area contributed by atoms with Gasteiger partial charge in [-0.2, -0.15) is 0 Å². The van der Waals surface area contributed by atoms with Crippen LogP contribution < -0.4 is 19.7 Å². The van der Waals surface area contributed by atoms with Crippen molar-refractivity contribution in [1.29, 1.82) is 0 Å². The standard InChI is InChI=1S/C28H32FN7O3/c1-27-8-3-9-28(2,35-27)24(29)20(14-27)36(17-5-6-17)23-15-30-25(33-32-23)18-7-4-16(12-21(18)37)19-13-22-26(34-31-19)39-11-10-38-22/h4,7,12-13,15,17,20,24,35,37H,3,5-6,8-11,14H2,1-2H3/t20-,24-,27-,28+/m1/s1. The minimum absolute atomic E-state index is 0.00589. The second kappa shape index (κ2) is 8.97. The average Bonchev–Trinajstić information content (AvgIpc) is 3.77. The second-order valence-corrected chi connectivity index (χ2v) is 11.7. The lowest BCUT2D eigenvalue weighted by atomic mass is 9.68. The molecule has 5 heterocycles. The van der Waals surface area contributed by atoms with Gasteiger partial charge in [0.25, 0.3) is 5.88 Å². The van der Waals surface area contributed by atoms with Crippen molar-refractivity contribution >= 4 is 5.82 Å². The third-order valence-electron chi connectivity index (χ3n) is 8.57. The molecule has 10 nitrogen and oxygen atoms in total. The number of anilines is 1. The van der Waals surface area contributed by atoms with Gasteiger partial charge >= 0.3 is 0 Å². The van der Waals surface area contributed by atoms with Crippen LogP contribution in [-0.4, -0.2) is 73.0 Å². The number of hydrogen-bond donors (Lipinski definition) is 2. The van der Waals surface area contributed by atoms with E-state index in [4.69, 9.17) is 9.47 Å². The van der Waals surface area contributed by atoms with E-state index >= 15 is 4.39 Å². The first kappa shape index (κ1) is 24.4. The third-order valence-corrected chi connectivity index (χ3v) is 8.57. The van der Waals surface area contributed by atoms with Crippen LogP contribution >= 0.6 is 0 Å². The predicted molar refractivity (Wildman–Crippen MR) is 142 cm³/mol. The van der Waals surface area contributed by atoms with E-state index in [0.29, 0.717) is 59.7 Å². The van der Waals surface area contributed by atoms with Gasteiger partial charge in [0.05, 0.1) is 23.5 Å². The number of halogens is 1. The maximum atomic E-state index is 16.0. The molecule has 1 aliphatic carbocycles. The number of benzene rings is 1. The molecule has 2 bridgehead atoms. The zero-order chi connectivity index (χ0) is 26.8. The minimum Gasteiger partial charge on any atom is -0.507 e. The Hall–Kier alpha value is -3.60. The summed E-state index contributed by atoms with van der Waals surface area (Å²) in [5.41, 5.74) is 1.02. The van der Waals surface area contributed by atoms with Crippen LogP contribution in [0.4, 0.5) is 10.2 Å². The fourth-order valence-electron chi connectivity index (χ4n) is 6.62. The fraction of sp³-hybridized carbons (Fsp3) is 0.536. The molecule has 1 saturated carbocycles. The van der Waals surface area contributed by atoms with Crippen LogP contribution in [0, 0.1) is 0 Å². The monoisotopic (exact) mass is 533 g/mol. The van der Waals surface area contributed by atoms with Gasteiger partial charge in [-0.25, -0.2) is 9.37 Å². The number of alkyl halides is 1. The van der Waals surface area contributed by atoms with Crippen LogP contribution in [0.1, 0.15) is 52.4 Å². The van der Waals surface area contributed by atoms with Crippen molar-refractivity contribution < 1.29 is 19.0 Å². The Kier molecular flexibility index (Phi) is 5.62. The summed E-state index contributed by atoms with van der Waals surface area (Å²) in [6, 6.07) is 6.84. The molecular formula is C28H32FN7O3. The molecule has 0 unspecified atom stereocenters. The second-order valence-electron chi connectivity index (χ2n) is 11.7. The Morgan fingerprint density at radius 2 is 1.90 bits per heavy atom. The summed E-state index contributed by atoms with van der Waals surface area (Å²) in [6.07, 6.45) is 6.29. The summed E-state index contributed by atoms with van der Waals surface area (Å²) in [5, 5.41) is 31.6. The highest BCUT2D eigenvalue weighted by atomic mass is 19.1. The van der Waals surface area contributed by atoms with Crippen LogP contribution in [0.5, 0.6) is 17.4 Å². The number of ether oxygens (including phenoxy) is 2. The summed E-state index contributed by atoms with van der Waals surface area (Å²) in [7, 11) is 0. The summed E-state index contributed by atoms with van der Waals surface area (Å²) in [4.78, 5) is 6.68. The van der Waals surface area contributed by atoms with E-state index in [0.717, 1.165) is 32.1 Å². The van der Waals surface area contributed by atoms with Crippen LogP contribution in [0.3, 0.4) is 0 Å². The molecule has 204 valence electrons. The molecule has 2 aromatic heterocycles. The molecule has 3 aliphatic heterocycles. The van der Waals surface area contributed by atoms with Crippen LogP contribution in [0.2, 0.25) is 0 Å². The Bertz CT molecular complexity index is 1400. The zero-order valence-corrected chi connectivity index (χ0v) is 22.1. The lowest BCUT2D eigenvalue weighted by Crippen LogP contribution is -2.73. The van der Waals surface area contributed by atoms with Gasteiger partial charge in [0.1, 0.15) is 25.1 Å². The molecule has 3 aromatic rings. The first-order valence-electron chi connectivity index (χ1n) is 13.7. The quantitative estimate of drug-likeness (QED) is 0.501. The SMILES string of the molecule is C[C@]12CCC[C@](C)(N1)[C@H](F)[C@H](N(c1cnc(-c3ccc(-c4cc5c(nn4)OCCO5)cc3O)nn1)C1CC1)C2. The van der Waals surface area contributed by atoms with E-state index in [1.54, 1.807) is 24.4 Å². The zero-order valence-electron chi connectivity index (χ0n) is 22.1. The molecule has 1 aromatic carbocycles. The van der Waals surface area contributed by atoms with Gasteiger partial charge in [0.15, 0.2) is 17.4 Å². The van der Waals surface area contributed by atoms with E-state index in [1.807, 2.05) is 13.0 Å². The number of piperidine rings is 2. The Labute approximate surface area is 226 Å². The van der Waals surface area contributed by atoms with E-state index < -0.39 is 11.7 Å². The summed E-state index contributed by atoms with van der Waals surface area (Å²) < 4.78 is 27.1. The Morgan fingerprint density at radius 1 is 1.05 bits per heavy atom. The van der Waals surface area contributed by atoms with Crippen LogP contribution in [0.15, 0.2) is 30.5 Å². The van der Waals surface area contributed by atoms with Gasteiger partial charge in [-0.05, 0) is 64.5 Å². The number of aromatic nitrogens is 5. The van der Waals surface area contributed by atoms with Crippen molar-refractivity contribution in [2.75, 3.05) is 18.1 Å². The van der Waals surface area contributed by atoms with Crippen molar-refractivity contribution in [3.63, 3.8) is 0 Å². The number of aromatic hydroxyl groups is 1. The molecule has 2 saturated heterocycles. The van der Waals surface area contributed by atoms with Gasteiger partial charge in [-0.15, -0.1) is 20.4 Å². The smallest absolute Gasteiger partial charge is 0.276 e. The molecule has 0 amide bonds. The predicted octanol–water partition coefficient (Wildman–Crippen LogP) is 3.84. The van der Waals surface area contributed by atoms with E-state index in [1.165, 1.54) is 0 Å². The lowest BCUT2D eigenvalue weighted by Gasteiger charge is -2.57. The first-order valence-corrected chi connectivity index (χ1v) is 13.7. The number of hydrogen-bond acceptors (Lipinski definition) is 10. The summed E-state index contributed by atoms with van der Waals surface area (Å²) in [6.45, 7) is 5.11. The molecule has 2 N–H and O–H groups in total. The fourth-order valence-corrected chi connectivity index (χ4v) is 6.62. The minimum atomic E-state index is -1.02. The molecule has 0 spiro atoms. The van der Waals surface area contributed by atoms with Gasteiger partial charge in [0.2, 0.25) is 0 Å². The van der Waals surface area contributed by atoms with Crippen LogP contribution in [0.25, 0.3) is 22.6 Å². The Morgan fingerprint density at radius 3 is 2.67 bits per heavy atom. The molecule has 3 fully saturated rings. The van der Waals surface area contributed by atoms with E-state index in [-0.39, 0.29) is 23.4 Å². The van der Waals surface area contributed by atoms with Crippen molar-refractivity contribution in [2.24, 2.45) is 0 Å². The highest BCUT2D eigenvalue weighted by molar-refractivity contribution is 5.72. The number of rotatable bonds is 5. The molecular weight excluding hydrogens is 501 g/mol. The summed E-state index contributed by atoms with van der Waals surface area (Å²) >= 11 is 0. The van der Waals surface area contributed by atoms with Crippen molar-refractivity contribution in [3.8, 4) is 40.0 Å². The van der Waals surface area contributed by atoms with Gasteiger partial charge in [-0.3, -0.25) is 0 Å². The number of nitrogens with one attached hydrogen (secondary N) is 1. The van der Waals surface area contributed by atoms with Crippen molar-refractivity contribution in [1.82, 2.24) is 30.7 Å². The van der Waals surface area contributed by atoms with Gasteiger partial charge < -0.3 is 24.8 Å². The van der Waals surface area contributed by atoms with Crippen molar-refractivity contribution in [3.05, 3.63) is 30.5 Å². The first-order chi connectivity index (χ1) is 18.8. The molecule has 4 aliphatic rings. The molecule has 4 atom stereocenters. The van der Waals surface area contributed by atoms with E-state index in [2.05, 4.69) is 42.5 Å². The molecule has 0 radical (unpaired) electrons. The number of nitrogens with zero attached hydrogens (tertiary/aromatic N) is 6. The maximum Gasteiger partial charge on any atom is 0.276 e. The Balaban J connectivity index is 1.15. The largest absolute Gasteiger partial charge is 0.507 e. The number of phenolic OH excluding ortho intramolecular Hbond substituents is 1. The van der Waals surface area contributed by atoms with Crippen molar-refractivity contribution in [2.45, 2.75) is 81.7 Å². The normalized spacial score (nSPS) is 29.6. The topological polar surface area (TPSA) is 118 Å². The average molecular weight is 534 g/mol. The third kappa shape index (κ3) is 4.32. The summed E-state index contributed by atoms with van der Waals surface area (Å²) in [5.74, 6) is 1.76. The number of phenols is 1. The molecule has 7 rings (SSSR count). The van der Waals surface area contributed by atoms with Crippen LogP contribution in [-0.2, 0) is 0 Å². The highest BCUT2D eigenvalue weighted by Crippen LogP contribution is 2.46. The maximum absolute atomic E-state index is 16.0. The van der Waals surface area contributed by atoms with E-state index in [9.17, 15) is 5.11 Å². The van der Waals surface area contributed by atoms with Gasteiger partial charge in [-0.1, -0.05) is 6.07 Å². The number of fused-ring (bicyclic) bond motifs is 3. The molecule has 39 heavy (non-hydrogen) atoms.